The number of halogens is 3. The van der Waals surface area contributed by atoms with Crippen molar-refractivity contribution in [2.24, 2.45) is 0 Å². The van der Waals surface area contributed by atoms with Crippen LogP contribution in [0, 0.1) is 5.82 Å². The highest BCUT2D eigenvalue weighted by molar-refractivity contribution is 7.85. The van der Waals surface area contributed by atoms with Crippen molar-refractivity contribution in [2.75, 3.05) is 10.6 Å². The lowest BCUT2D eigenvalue weighted by Gasteiger charge is -2.21. The zero-order valence-electron chi connectivity index (χ0n) is 14.1. The molecule has 0 saturated heterocycles. The summed E-state index contributed by atoms with van der Waals surface area (Å²) >= 11 is 0. The van der Waals surface area contributed by atoms with E-state index in [1.54, 1.807) is 35.8 Å². The van der Waals surface area contributed by atoms with Crippen LogP contribution in [-0.2, 0) is 22.3 Å². The fourth-order valence-electron chi connectivity index (χ4n) is 2.17. The smallest absolute Gasteiger partial charge is 0.288 e. The first-order valence-electron chi connectivity index (χ1n) is 7.62. The average molecular weight is 399 g/mol. The van der Waals surface area contributed by atoms with Gasteiger partial charge in [-0.1, -0.05) is 24.3 Å². The van der Waals surface area contributed by atoms with Crippen LogP contribution in [0.1, 0.15) is 15.9 Å². The summed E-state index contributed by atoms with van der Waals surface area (Å²) in [7, 11) is -1.38. The van der Waals surface area contributed by atoms with Gasteiger partial charge >= 0.3 is 12.3 Å². The molecule has 0 fully saturated rings. The quantitative estimate of drug-likeness (QED) is 0.731. The maximum absolute atomic E-state index is 14.2. The molecule has 0 spiro atoms. The van der Waals surface area contributed by atoms with E-state index in [0.717, 1.165) is 12.1 Å². The molecule has 1 unspecified atom stereocenters. The van der Waals surface area contributed by atoms with Crippen LogP contribution in [0.25, 0.3) is 0 Å². The maximum atomic E-state index is 14.2. The number of nitrogens with one attached hydrogen (secondary N) is 2. The Morgan fingerprint density at radius 1 is 1.11 bits per heavy atom. The summed E-state index contributed by atoms with van der Waals surface area (Å²) in [5, 5.41) is 0. The number of anilines is 1. The fourth-order valence-corrected chi connectivity index (χ4v) is 2.92. The highest BCUT2D eigenvalue weighted by Gasteiger charge is 2.18. The Labute approximate surface area is 155 Å². The summed E-state index contributed by atoms with van der Waals surface area (Å²) in [6.45, 7) is 0.119. The van der Waals surface area contributed by atoms with E-state index in [0.29, 0.717) is 11.3 Å². The van der Waals surface area contributed by atoms with Gasteiger partial charge in [0.2, 0.25) is 0 Å². The van der Waals surface area contributed by atoms with Crippen molar-refractivity contribution < 1.29 is 27.0 Å². The van der Waals surface area contributed by atoms with Crippen LogP contribution < -0.4 is 15.2 Å². The Kier molecular flexibility index (Phi) is 6.94. The molecule has 2 rings (SSSR count). The first-order valence-corrected chi connectivity index (χ1v) is 9.14. The second-order valence-electron chi connectivity index (χ2n) is 5.35. The Balaban J connectivity index is 2.12. The van der Waals surface area contributed by atoms with E-state index in [9.17, 15) is 27.0 Å². The van der Waals surface area contributed by atoms with Crippen molar-refractivity contribution >= 4 is 28.5 Å². The SMILES string of the molecule is CS(=O)N(Cc1ccc(C(=O)NNC(=O)C(F)F)c(F)c1)c1ccccc1. The van der Waals surface area contributed by atoms with Crippen LogP contribution in [0.3, 0.4) is 0 Å². The summed E-state index contributed by atoms with van der Waals surface area (Å²) < 4.78 is 51.9. The molecule has 2 aromatic rings. The molecule has 0 heterocycles. The van der Waals surface area contributed by atoms with Gasteiger partial charge in [0.05, 0.1) is 12.1 Å². The predicted molar refractivity (Wildman–Crippen MR) is 94.7 cm³/mol. The van der Waals surface area contributed by atoms with Crippen LogP contribution >= 0.6 is 0 Å². The van der Waals surface area contributed by atoms with Gasteiger partial charge in [-0.3, -0.25) is 24.7 Å². The van der Waals surface area contributed by atoms with Crippen LogP contribution in [-0.4, -0.2) is 28.7 Å². The third-order valence-corrected chi connectivity index (χ3v) is 4.42. The summed E-state index contributed by atoms with van der Waals surface area (Å²) in [6.07, 6.45) is -1.83. The van der Waals surface area contributed by atoms with Crippen molar-refractivity contribution in [1.29, 1.82) is 0 Å². The molecule has 2 amide bonds. The van der Waals surface area contributed by atoms with Gasteiger partial charge in [0.25, 0.3) is 5.91 Å². The monoisotopic (exact) mass is 399 g/mol. The van der Waals surface area contributed by atoms with E-state index in [1.807, 2.05) is 0 Å². The van der Waals surface area contributed by atoms with Gasteiger partial charge in [-0.2, -0.15) is 8.78 Å². The Hall–Kier alpha value is -2.88. The largest absolute Gasteiger partial charge is 0.317 e. The lowest BCUT2D eigenvalue weighted by atomic mass is 10.1. The van der Waals surface area contributed by atoms with Crippen LogP contribution in [0.5, 0.6) is 0 Å². The molecule has 0 aliphatic rings. The van der Waals surface area contributed by atoms with Gasteiger partial charge in [-0.15, -0.1) is 0 Å². The predicted octanol–water partition coefficient (Wildman–Crippen LogP) is 2.15. The molecule has 2 N–H and O–H groups in total. The third-order valence-electron chi connectivity index (χ3n) is 3.46. The van der Waals surface area contributed by atoms with Crippen molar-refractivity contribution in [2.45, 2.75) is 13.0 Å². The molecule has 144 valence electrons. The van der Waals surface area contributed by atoms with Crippen molar-refractivity contribution in [1.82, 2.24) is 10.9 Å². The number of carbonyl (C=O) groups excluding carboxylic acids is 2. The third kappa shape index (κ3) is 5.55. The molecule has 2 aromatic carbocycles. The summed E-state index contributed by atoms with van der Waals surface area (Å²) in [6, 6.07) is 12.5. The standard InChI is InChI=1S/C17H16F3N3O3S/c1-27(26)23(12-5-3-2-4-6-12)10-11-7-8-13(14(18)9-11)16(24)21-22-17(25)15(19)20/h2-9,15H,10H2,1H3,(H,21,24)(H,22,25). The molecule has 10 heteroatoms. The van der Waals surface area contributed by atoms with E-state index >= 15 is 0 Å². The zero-order chi connectivity index (χ0) is 20.0. The number of carbonyl (C=O) groups is 2. The molecule has 0 aliphatic heterocycles. The molecule has 1 atom stereocenters. The average Bonchev–Trinajstić information content (AvgIpc) is 2.64. The van der Waals surface area contributed by atoms with E-state index in [1.165, 1.54) is 22.1 Å². The normalized spacial score (nSPS) is 11.7. The number of hydrogen-bond donors (Lipinski definition) is 2. The summed E-state index contributed by atoms with van der Waals surface area (Å²) in [5.74, 6) is -3.69. The fraction of sp³-hybridized carbons (Fsp3) is 0.176. The van der Waals surface area contributed by atoms with Gasteiger partial charge in [0.1, 0.15) is 16.8 Å². The number of rotatable bonds is 6. The first-order chi connectivity index (χ1) is 12.8. The number of para-hydroxylation sites is 1. The second kappa shape index (κ2) is 9.17. The molecule has 0 bridgehead atoms. The van der Waals surface area contributed by atoms with Crippen LogP contribution in [0.4, 0.5) is 18.9 Å². The number of hydrazine groups is 1. The molecular formula is C17H16F3N3O3S. The van der Waals surface area contributed by atoms with Crippen LogP contribution in [0.2, 0.25) is 0 Å². The molecule has 0 radical (unpaired) electrons. The Morgan fingerprint density at radius 2 is 1.78 bits per heavy atom. The van der Waals surface area contributed by atoms with E-state index in [2.05, 4.69) is 0 Å². The lowest BCUT2D eigenvalue weighted by molar-refractivity contribution is -0.132. The number of alkyl halides is 2. The van der Waals surface area contributed by atoms with Gasteiger partial charge in [0.15, 0.2) is 0 Å². The highest BCUT2D eigenvalue weighted by Crippen LogP contribution is 2.19. The zero-order valence-corrected chi connectivity index (χ0v) is 14.9. The van der Waals surface area contributed by atoms with E-state index < -0.39 is 40.6 Å². The highest BCUT2D eigenvalue weighted by atomic mass is 32.2. The molecule has 0 saturated carbocycles. The molecule has 0 aromatic heterocycles. The van der Waals surface area contributed by atoms with Gasteiger partial charge in [-0.25, -0.2) is 8.60 Å². The maximum Gasteiger partial charge on any atom is 0.317 e. The van der Waals surface area contributed by atoms with E-state index in [4.69, 9.17) is 0 Å². The van der Waals surface area contributed by atoms with Gasteiger partial charge in [0, 0.05) is 11.9 Å². The van der Waals surface area contributed by atoms with Gasteiger partial charge < -0.3 is 0 Å². The number of nitrogens with zero attached hydrogens (tertiary/aromatic N) is 1. The molecule has 27 heavy (non-hydrogen) atoms. The number of hydrogen-bond acceptors (Lipinski definition) is 3. The summed E-state index contributed by atoms with van der Waals surface area (Å²) in [4.78, 5) is 22.5. The number of benzene rings is 2. The molecule has 0 aliphatic carbocycles. The topological polar surface area (TPSA) is 78.5 Å². The second-order valence-corrected chi connectivity index (χ2v) is 6.64. The van der Waals surface area contributed by atoms with E-state index in [-0.39, 0.29) is 6.54 Å². The Bertz CT molecular complexity index is 850. The number of amides is 2. The minimum absolute atomic E-state index is 0.119. The molecule has 6 nitrogen and oxygen atoms in total. The minimum atomic E-state index is -3.31. The van der Waals surface area contributed by atoms with Crippen molar-refractivity contribution in [3.8, 4) is 0 Å². The van der Waals surface area contributed by atoms with Gasteiger partial charge in [-0.05, 0) is 29.8 Å². The Morgan fingerprint density at radius 3 is 2.33 bits per heavy atom. The summed E-state index contributed by atoms with van der Waals surface area (Å²) in [5.41, 5.74) is 3.88. The first kappa shape index (κ1) is 20.4. The van der Waals surface area contributed by atoms with Crippen molar-refractivity contribution in [3.05, 3.63) is 65.5 Å². The lowest BCUT2D eigenvalue weighted by Crippen LogP contribution is -2.44. The minimum Gasteiger partial charge on any atom is -0.288 e. The van der Waals surface area contributed by atoms with Crippen LogP contribution in [0.15, 0.2) is 48.5 Å². The van der Waals surface area contributed by atoms with Crippen molar-refractivity contribution in [3.63, 3.8) is 0 Å². The molecular weight excluding hydrogens is 383 g/mol.